The van der Waals surface area contributed by atoms with Crippen LogP contribution in [0.5, 0.6) is 0 Å². The van der Waals surface area contributed by atoms with E-state index in [9.17, 15) is 0 Å². The SMILES string of the molecule is CC(N)c1ccc2nc(Br)nn2c1. The topological polar surface area (TPSA) is 56.2 Å². The fraction of sp³-hybridized carbons (Fsp3) is 0.250. The summed E-state index contributed by atoms with van der Waals surface area (Å²) >= 11 is 3.21. The third kappa shape index (κ3) is 1.57. The summed E-state index contributed by atoms with van der Waals surface area (Å²) in [6, 6.07) is 3.88. The third-order valence-electron chi connectivity index (χ3n) is 1.85. The summed E-state index contributed by atoms with van der Waals surface area (Å²) in [7, 11) is 0. The molecule has 0 aliphatic heterocycles. The Morgan fingerprint density at radius 2 is 2.31 bits per heavy atom. The number of rotatable bonds is 1. The normalized spacial score (nSPS) is 13.5. The highest BCUT2D eigenvalue weighted by molar-refractivity contribution is 9.10. The maximum Gasteiger partial charge on any atom is 0.218 e. The highest BCUT2D eigenvalue weighted by Gasteiger charge is 2.03. The zero-order valence-corrected chi connectivity index (χ0v) is 8.69. The fourth-order valence-corrected chi connectivity index (χ4v) is 1.49. The maximum atomic E-state index is 5.74. The van der Waals surface area contributed by atoms with Crippen molar-refractivity contribution in [1.29, 1.82) is 0 Å². The van der Waals surface area contributed by atoms with Crippen molar-refractivity contribution in [2.45, 2.75) is 13.0 Å². The Kier molecular flexibility index (Phi) is 2.05. The van der Waals surface area contributed by atoms with Gasteiger partial charge in [-0.3, -0.25) is 0 Å². The fourth-order valence-electron chi connectivity index (χ4n) is 1.14. The number of pyridine rings is 1. The Labute approximate surface area is 83.9 Å². The molecule has 68 valence electrons. The van der Waals surface area contributed by atoms with Gasteiger partial charge in [0.15, 0.2) is 5.65 Å². The molecule has 0 aliphatic rings. The van der Waals surface area contributed by atoms with Gasteiger partial charge in [-0.2, -0.15) is 0 Å². The molecule has 0 saturated carbocycles. The molecule has 2 aromatic rings. The van der Waals surface area contributed by atoms with E-state index in [1.165, 1.54) is 0 Å². The lowest BCUT2D eigenvalue weighted by atomic mass is 10.2. The van der Waals surface area contributed by atoms with E-state index in [2.05, 4.69) is 26.0 Å². The molecule has 2 rings (SSSR count). The molecular formula is C8H9BrN4. The van der Waals surface area contributed by atoms with E-state index in [0.717, 1.165) is 11.2 Å². The second-order valence-electron chi connectivity index (χ2n) is 2.93. The van der Waals surface area contributed by atoms with E-state index < -0.39 is 0 Å². The number of nitrogens with two attached hydrogens (primary N) is 1. The van der Waals surface area contributed by atoms with Crippen LogP contribution in [0.3, 0.4) is 0 Å². The lowest BCUT2D eigenvalue weighted by Crippen LogP contribution is -2.06. The van der Waals surface area contributed by atoms with Gasteiger partial charge in [-0.1, -0.05) is 6.07 Å². The first kappa shape index (κ1) is 8.65. The van der Waals surface area contributed by atoms with Gasteiger partial charge in [0.05, 0.1) is 0 Å². The highest BCUT2D eigenvalue weighted by atomic mass is 79.9. The molecule has 0 fully saturated rings. The van der Waals surface area contributed by atoms with Crippen LogP contribution in [-0.2, 0) is 0 Å². The average Bonchev–Trinajstić information content (AvgIpc) is 2.42. The van der Waals surface area contributed by atoms with Crippen molar-refractivity contribution < 1.29 is 0 Å². The molecule has 0 radical (unpaired) electrons. The van der Waals surface area contributed by atoms with E-state index in [4.69, 9.17) is 5.73 Å². The Bertz CT molecular complexity index is 435. The second kappa shape index (κ2) is 3.08. The quantitative estimate of drug-likeness (QED) is 0.823. The summed E-state index contributed by atoms with van der Waals surface area (Å²) in [5.41, 5.74) is 7.60. The molecule has 0 bridgehead atoms. The number of nitrogens with zero attached hydrogens (tertiary/aromatic N) is 3. The number of hydrogen-bond donors (Lipinski definition) is 1. The van der Waals surface area contributed by atoms with E-state index in [0.29, 0.717) is 4.73 Å². The van der Waals surface area contributed by atoms with Crippen molar-refractivity contribution in [3.8, 4) is 0 Å². The smallest absolute Gasteiger partial charge is 0.218 e. The van der Waals surface area contributed by atoms with Gasteiger partial charge in [-0.05, 0) is 34.5 Å². The number of halogens is 1. The van der Waals surface area contributed by atoms with Crippen molar-refractivity contribution in [1.82, 2.24) is 14.6 Å². The van der Waals surface area contributed by atoms with Crippen LogP contribution in [0.2, 0.25) is 0 Å². The summed E-state index contributed by atoms with van der Waals surface area (Å²) in [5.74, 6) is 0. The van der Waals surface area contributed by atoms with Crippen molar-refractivity contribution in [2.24, 2.45) is 5.73 Å². The molecule has 0 saturated heterocycles. The minimum atomic E-state index is 0.0207. The number of aromatic nitrogens is 3. The molecule has 13 heavy (non-hydrogen) atoms. The van der Waals surface area contributed by atoms with E-state index in [1.54, 1.807) is 4.52 Å². The van der Waals surface area contributed by atoms with E-state index >= 15 is 0 Å². The van der Waals surface area contributed by atoms with Crippen LogP contribution in [0, 0.1) is 0 Å². The molecule has 0 amide bonds. The van der Waals surface area contributed by atoms with Gasteiger partial charge in [0.2, 0.25) is 4.73 Å². The largest absolute Gasteiger partial charge is 0.324 e. The molecule has 0 spiro atoms. The maximum absolute atomic E-state index is 5.74. The zero-order valence-electron chi connectivity index (χ0n) is 7.11. The molecule has 1 atom stereocenters. The molecular weight excluding hydrogens is 232 g/mol. The van der Waals surface area contributed by atoms with Crippen LogP contribution >= 0.6 is 15.9 Å². The molecule has 0 aliphatic carbocycles. The summed E-state index contributed by atoms with van der Waals surface area (Å²) in [6.07, 6.45) is 1.89. The molecule has 5 heteroatoms. The predicted octanol–water partition coefficient (Wildman–Crippen LogP) is 1.51. The molecule has 2 N–H and O–H groups in total. The van der Waals surface area contributed by atoms with Crippen molar-refractivity contribution in [3.63, 3.8) is 0 Å². The third-order valence-corrected chi connectivity index (χ3v) is 2.19. The highest BCUT2D eigenvalue weighted by Crippen LogP contribution is 2.12. The van der Waals surface area contributed by atoms with Gasteiger partial charge in [0.25, 0.3) is 0 Å². The Morgan fingerprint density at radius 3 is 3.00 bits per heavy atom. The van der Waals surface area contributed by atoms with Crippen LogP contribution in [0.1, 0.15) is 18.5 Å². The first-order chi connectivity index (χ1) is 6.16. The van der Waals surface area contributed by atoms with Crippen LogP contribution < -0.4 is 5.73 Å². The standard InChI is InChI=1S/C8H9BrN4/c1-5(10)6-2-3-7-11-8(9)12-13(7)4-6/h2-5H,10H2,1H3. The number of hydrogen-bond acceptors (Lipinski definition) is 3. The van der Waals surface area contributed by atoms with Gasteiger partial charge in [0.1, 0.15) is 0 Å². The second-order valence-corrected chi connectivity index (χ2v) is 3.64. The molecule has 2 aromatic heterocycles. The first-order valence-electron chi connectivity index (χ1n) is 3.94. The Hall–Kier alpha value is -0.940. The van der Waals surface area contributed by atoms with Crippen LogP contribution in [0.4, 0.5) is 0 Å². The Morgan fingerprint density at radius 1 is 1.54 bits per heavy atom. The summed E-state index contributed by atoms with van der Waals surface area (Å²) in [4.78, 5) is 4.14. The minimum absolute atomic E-state index is 0.0207. The Balaban J connectivity index is 2.61. The monoisotopic (exact) mass is 240 g/mol. The van der Waals surface area contributed by atoms with Crippen LogP contribution in [0.15, 0.2) is 23.1 Å². The summed E-state index contributed by atoms with van der Waals surface area (Å²) < 4.78 is 2.30. The number of fused-ring (bicyclic) bond motifs is 1. The lowest BCUT2D eigenvalue weighted by molar-refractivity contribution is 0.796. The minimum Gasteiger partial charge on any atom is -0.324 e. The molecule has 0 aromatic carbocycles. The predicted molar refractivity (Wildman–Crippen MR) is 53.3 cm³/mol. The lowest BCUT2D eigenvalue weighted by Gasteiger charge is -2.03. The van der Waals surface area contributed by atoms with Crippen LogP contribution in [-0.4, -0.2) is 14.6 Å². The van der Waals surface area contributed by atoms with E-state index in [-0.39, 0.29) is 6.04 Å². The van der Waals surface area contributed by atoms with Gasteiger partial charge >= 0.3 is 0 Å². The van der Waals surface area contributed by atoms with Gasteiger partial charge < -0.3 is 5.73 Å². The van der Waals surface area contributed by atoms with Crippen molar-refractivity contribution in [3.05, 3.63) is 28.6 Å². The summed E-state index contributed by atoms with van der Waals surface area (Å²) in [6.45, 7) is 1.94. The van der Waals surface area contributed by atoms with Gasteiger partial charge in [-0.15, -0.1) is 5.10 Å². The van der Waals surface area contributed by atoms with Crippen LogP contribution in [0.25, 0.3) is 5.65 Å². The zero-order chi connectivity index (χ0) is 9.42. The molecule has 1 unspecified atom stereocenters. The van der Waals surface area contributed by atoms with Crippen molar-refractivity contribution >= 4 is 21.6 Å². The van der Waals surface area contributed by atoms with Gasteiger partial charge in [0, 0.05) is 12.2 Å². The molecule has 2 heterocycles. The van der Waals surface area contributed by atoms with E-state index in [1.807, 2.05) is 25.3 Å². The first-order valence-corrected chi connectivity index (χ1v) is 4.73. The summed E-state index contributed by atoms with van der Waals surface area (Å²) in [5, 5.41) is 4.12. The van der Waals surface area contributed by atoms with Crippen molar-refractivity contribution in [2.75, 3.05) is 0 Å². The van der Waals surface area contributed by atoms with Gasteiger partial charge in [-0.25, -0.2) is 9.50 Å². The molecule has 4 nitrogen and oxygen atoms in total. The average molecular weight is 241 g/mol.